The molecule has 0 bridgehead atoms. The van der Waals surface area contributed by atoms with Gasteiger partial charge < -0.3 is 0 Å². The molecule has 1 aromatic rings. The van der Waals surface area contributed by atoms with Crippen molar-refractivity contribution in [3.05, 3.63) is 35.1 Å². The second kappa shape index (κ2) is 6.67. The molecular formula is C15H23F. The van der Waals surface area contributed by atoms with E-state index in [9.17, 15) is 4.39 Å². The molecule has 1 fully saturated rings. The Morgan fingerprint density at radius 1 is 1.25 bits per heavy atom. The second-order valence-electron chi connectivity index (χ2n) is 4.74. The molecule has 0 spiro atoms. The minimum atomic E-state index is 0.00292. The Labute approximate surface area is 98.9 Å². The summed E-state index contributed by atoms with van der Waals surface area (Å²) in [5.74, 6) is 0.892. The van der Waals surface area contributed by atoms with Gasteiger partial charge in [-0.25, -0.2) is 4.39 Å². The summed E-state index contributed by atoms with van der Waals surface area (Å²) in [5.41, 5.74) is 1.67. The Balaban J connectivity index is 0.000000386. The van der Waals surface area contributed by atoms with Crippen LogP contribution in [-0.2, 0) is 6.42 Å². The number of benzene rings is 1. The number of halogens is 1. The van der Waals surface area contributed by atoms with Gasteiger partial charge in [-0.05, 0) is 36.8 Å². The van der Waals surface area contributed by atoms with Crippen LogP contribution in [0.1, 0.15) is 50.7 Å². The zero-order chi connectivity index (χ0) is 12.0. The van der Waals surface area contributed by atoms with E-state index in [1.165, 1.54) is 25.7 Å². The molecule has 1 aromatic carbocycles. The molecule has 2 rings (SSSR count). The van der Waals surface area contributed by atoms with Crippen molar-refractivity contribution in [3.8, 4) is 0 Å². The Morgan fingerprint density at radius 2 is 1.88 bits per heavy atom. The summed E-state index contributed by atoms with van der Waals surface area (Å²) in [4.78, 5) is 0. The van der Waals surface area contributed by atoms with Crippen molar-refractivity contribution in [1.29, 1.82) is 0 Å². The molecule has 1 heteroatoms. The van der Waals surface area contributed by atoms with Crippen LogP contribution in [0.4, 0.5) is 4.39 Å². The summed E-state index contributed by atoms with van der Waals surface area (Å²) in [6.45, 7) is 6.08. The summed E-state index contributed by atoms with van der Waals surface area (Å²) >= 11 is 0. The SMILES string of the molecule is CCC.Cc1cccc(CCC2CC2)c1F. The van der Waals surface area contributed by atoms with Crippen LogP contribution in [0.15, 0.2) is 18.2 Å². The van der Waals surface area contributed by atoms with Crippen molar-refractivity contribution in [2.75, 3.05) is 0 Å². The van der Waals surface area contributed by atoms with Gasteiger partial charge in [0.25, 0.3) is 0 Å². The number of hydrogen-bond acceptors (Lipinski definition) is 0. The molecular weight excluding hydrogens is 199 g/mol. The van der Waals surface area contributed by atoms with E-state index in [0.717, 1.165) is 23.5 Å². The van der Waals surface area contributed by atoms with Gasteiger partial charge in [0, 0.05) is 0 Å². The van der Waals surface area contributed by atoms with Crippen molar-refractivity contribution < 1.29 is 4.39 Å². The fraction of sp³-hybridized carbons (Fsp3) is 0.600. The second-order valence-corrected chi connectivity index (χ2v) is 4.74. The topological polar surface area (TPSA) is 0 Å². The largest absolute Gasteiger partial charge is 0.206 e. The lowest BCUT2D eigenvalue weighted by Crippen LogP contribution is -1.93. The molecule has 0 aliphatic heterocycles. The highest BCUT2D eigenvalue weighted by atomic mass is 19.1. The molecule has 0 heterocycles. The van der Waals surface area contributed by atoms with Crippen molar-refractivity contribution in [3.63, 3.8) is 0 Å². The van der Waals surface area contributed by atoms with Gasteiger partial charge in [0.15, 0.2) is 0 Å². The molecule has 1 aliphatic carbocycles. The quantitative estimate of drug-likeness (QED) is 0.683. The van der Waals surface area contributed by atoms with Gasteiger partial charge in [0.1, 0.15) is 5.82 Å². The lowest BCUT2D eigenvalue weighted by molar-refractivity contribution is 0.589. The number of aryl methyl sites for hydroxylation is 2. The summed E-state index contributed by atoms with van der Waals surface area (Å²) in [7, 11) is 0. The van der Waals surface area contributed by atoms with E-state index in [1.54, 1.807) is 0 Å². The van der Waals surface area contributed by atoms with Crippen molar-refractivity contribution in [2.45, 2.75) is 52.9 Å². The molecule has 0 saturated heterocycles. The van der Waals surface area contributed by atoms with Crippen LogP contribution in [0.5, 0.6) is 0 Å². The van der Waals surface area contributed by atoms with Gasteiger partial charge in [-0.1, -0.05) is 51.3 Å². The first-order valence-electron chi connectivity index (χ1n) is 6.43. The van der Waals surface area contributed by atoms with Gasteiger partial charge >= 0.3 is 0 Å². The van der Waals surface area contributed by atoms with E-state index >= 15 is 0 Å². The molecule has 1 saturated carbocycles. The lowest BCUT2D eigenvalue weighted by Gasteiger charge is -2.04. The predicted molar refractivity (Wildman–Crippen MR) is 68.1 cm³/mol. The van der Waals surface area contributed by atoms with Gasteiger partial charge in [-0.2, -0.15) is 0 Å². The van der Waals surface area contributed by atoms with E-state index < -0.39 is 0 Å². The third-order valence-corrected chi connectivity index (χ3v) is 2.79. The molecule has 0 atom stereocenters. The highest BCUT2D eigenvalue weighted by Gasteiger charge is 2.21. The summed E-state index contributed by atoms with van der Waals surface area (Å²) < 4.78 is 13.5. The van der Waals surface area contributed by atoms with Crippen LogP contribution in [-0.4, -0.2) is 0 Å². The van der Waals surface area contributed by atoms with E-state index in [0.29, 0.717) is 0 Å². The van der Waals surface area contributed by atoms with Crippen molar-refractivity contribution >= 4 is 0 Å². The average molecular weight is 222 g/mol. The minimum absolute atomic E-state index is 0.00292. The van der Waals surface area contributed by atoms with Gasteiger partial charge in [0.05, 0.1) is 0 Å². The van der Waals surface area contributed by atoms with Crippen molar-refractivity contribution in [1.82, 2.24) is 0 Å². The van der Waals surface area contributed by atoms with Crippen LogP contribution < -0.4 is 0 Å². The fourth-order valence-corrected chi connectivity index (χ4v) is 1.67. The highest BCUT2D eigenvalue weighted by molar-refractivity contribution is 5.24. The molecule has 0 N–H and O–H groups in total. The van der Waals surface area contributed by atoms with Gasteiger partial charge in [-0.15, -0.1) is 0 Å². The summed E-state index contributed by atoms with van der Waals surface area (Å²) in [6, 6.07) is 5.68. The minimum Gasteiger partial charge on any atom is -0.206 e. The Bertz CT molecular complexity index is 313. The molecule has 0 unspecified atom stereocenters. The standard InChI is InChI=1S/C12H15F.C3H8/c1-9-3-2-4-11(12(9)13)8-7-10-5-6-10;1-3-2/h2-4,10H,5-8H2,1H3;3H2,1-2H3. The first-order valence-corrected chi connectivity index (χ1v) is 6.43. The zero-order valence-corrected chi connectivity index (χ0v) is 10.7. The van der Waals surface area contributed by atoms with E-state index in [-0.39, 0.29) is 5.82 Å². The third-order valence-electron chi connectivity index (χ3n) is 2.79. The van der Waals surface area contributed by atoms with E-state index in [4.69, 9.17) is 0 Å². The molecule has 0 amide bonds. The fourth-order valence-electron chi connectivity index (χ4n) is 1.67. The molecule has 0 aromatic heterocycles. The molecule has 0 radical (unpaired) electrons. The Kier molecular flexibility index (Phi) is 5.51. The Hall–Kier alpha value is -0.850. The lowest BCUT2D eigenvalue weighted by atomic mass is 10.0. The maximum Gasteiger partial charge on any atom is 0.129 e. The number of rotatable bonds is 3. The van der Waals surface area contributed by atoms with Crippen LogP contribution in [0.2, 0.25) is 0 Å². The number of hydrogen-bond donors (Lipinski definition) is 0. The smallest absolute Gasteiger partial charge is 0.129 e. The third kappa shape index (κ3) is 4.34. The van der Waals surface area contributed by atoms with Crippen LogP contribution >= 0.6 is 0 Å². The summed E-state index contributed by atoms with van der Waals surface area (Å²) in [6.07, 6.45) is 6.04. The Morgan fingerprint density at radius 3 is 2.44 bits per heavy atom. The van der Waals surface area contributed by atoms with Crippen LogP contribution in [0.3, 0.4) is 0 Å². The van der Waals surface area contributed by atoms with Crippen molar-refractivity contribution in [2.24, 2.45) is 5.92 Å². The van der Waals surface area contributed by atoms with Crippen LogP contribution in [0.25, 0.3) is 0 Å². The van der Waals surface area contributed by atoms with Gasteiger partial charge in [0.2, 0.25) is 0 Å². The van der Waals surface area contributed by atoms with E-state index in [1.807, 2.05) is 25.1 Å². The maximum atomic E-state index is 13.5. The predicted octanol–water partition coefficient (Wildman–Crippen LogP) is 4.89. The van der Waals surface area contributed by atoms with Gasteiger partial charge in [-0.3, -0.25) is 0 Å². The van der Waals surface area contributed by atoms with E-state index in [2.05, 4.69) is 13.8 Å². The highest BCUT2D eigenvalue weighted by Crippen LogP contribution is 2.33. The molecule has 0 nitrogen and oxygen atoms in total. The molecule has 90 valence electrons. The normalized spacial score (nSPS) is 14.2. The monoisotopic (exact) mass is 222 g/mol. The maximum absolute atomic E-state index is 13.5. The first kappa shape index (κ1) is 13.2. The zero-order valence-electron chi connectivity index (χ0n) is 10.7. The molecule has 1 aliphatic rings. The average Bonchev–Trinajstić information content (AvgIpc) is 3.05. The summed E-state index contributed by atoms with van der Waals surface area (Å²) in [5, 5.41) is 0. The molecule has 16 heavy (non-hydrogen) atoms. The van der Waals surface area contributed by atoms with Crippen LogP contribution in [0, 0.1) is 18.7 Å². The first-order chi connectivity index (χ1) is 7.69.